The molecule has 0 bridgehead atoms. The molecular weight excluding hydrogens is 381 g/mol. The number of esters is 1. The van der Waals surface area contributed by atoms with Gasteiger partial charge in [0.1, 0.15) is 10.0 Å². The van der Waals surface area contributed by atoms with Crippen molar-refractivity contribution >= 4 is 64.0 Å². The number of rotatable bonds is 7. The average molecular weight is 392 g/mol. The SMILES string of the molecule is C=CC(=O)OCCCCOc1c(Cl)c(Cl)c(Cl)c(Cl)c1Cl. The molecule has 0 aliphatic rings. The van der Waals surface area contributed by atoms with Gasteiger partial charge in [-0.1, -0.05) is 64.6 Å². The standard InChI is InChI=1S/C13H11Cl5O3/c1-2-7(19)20-5-3-4-6-21-13-11(17)9(15)8(14)10(16)12(13)18/h2H,1,3-6H2. The van der Waals surface area contributed by atoms with Crippen LogP contribution in [0.5, 0.6) is 5.75 Å². The molecule has 0 radical (unpaired) electrons. The van der Waals surface area contributed by atoms with Crippen molar-refractivity contribution in [3.05, 3.63) is 37.8 Å². The van der Waals surface area contributed by atoms with Crippen LogP contribution in [0.2, 0.25) is 25.1 Å². The quantitative estimate of drug-likeness (QED) is 0.192. The molecule has 0 unspecified atom stereocenters. The first-order valence-corrected chi connectivity index (χ1v) is 7.72. The van der Waals surface area contributed by atoms with Gasteiger partial charge in [0.15, 0.2) is 5.75 Å². The third-order valence-corrected chi connectivity index (χ3v) is 4.61. The van der Waals surface area contributed by atoms with E-state index in [1.165, 1.54) is 0 Å². The summed E-state index contributed by atoms with van der Waals surface area (Å²) in [6, 6.07) is 0. The largest absolute Gasteiger partial charge is 0.490 e. The molecule has 0 fully saturated rings. The summed E-state index contributed by atoms with van der Waals surface area (Å²) in [5.74, 6) is -0.279. The predicted molar refractivity (Wildman–Crippen MR) is 87.4 cm³/mol. The number of carbonyl (C=O) groups is 1. The van der Waals surface area contributed by atoms with Crippen LogP contribution in [0.25, 0.3) is 0 Å². The van der Waals surface area contributed by atoms with E-state index in [0.29, 0.717) is 19.4 Å². The summed E-state index contributed by atoms with van der Waals surface area (Å²) in [7, 11) is 0. The second-order valence-corrected chi connectivity index (χ2v) is 5.72. The number of benzene rings is 1. The number of hydrogen-bond donors (Lipinski definition) is 0. The van der Waals surface area contributed by atoms with Crippen molar-refractivity contribution in [3.63, 3.8) is 0 Å². The molecule has 0 atom stereocenters. The van der Waals surface area contributed by atoms with E-state index in [9.17, 15) is 4.79 Å². The zero-order valence-electron chi connectivity index (χ0n) is 10.7. The van der Waals surface area contributed by atoms with Crippen LogP contribution in [0.1, 0.15) is 12.8 Å². The smallest absolute Gasteiger partial charge is 0.330 e. The third-order valence-electron chi connectivity index (χ3n) is 2.37. The van der Waals surface area contributed by atoms with Gasteiger partial charge in [0.25, 0.3) is 0 Å². The topological polar surface area (TPSA) is 35.5 Å². The van der Waals surface area contributed by atoms with Crippen LogP contribution >= 0.6 is 58.0 Å². The van der Waals surface area contributed by atoms with E-state index in [2.05, 4.69) is 6.58 Å². The van der Waals surface area contributed by atoms with Gasteiger partial charge in [0, 0.05) is 6.08 Å². The minimum Gasteiger partial charge on any atom is -0.490 e. The normalized spacial score (nSPS) is 10.3. The summed E-state index contributed by atoms with van der Waals surface area (Å²) < 4.78 is 10.3. The van der Waals surface area contributed by atoms with Gasteiger partial charge < -0.3 is 9.47 Å². The zero-order chi connectivity index (χ0) is 16.0. The van der Waals surface area contributed by atoms with Gasteiger partial charge in [-0.25, -0.2) is 4.79 Å². The maximum absolute atomic E-state index is 10.8. The van der Waals surface area contributed by atoms with Gasteiger partial charge in [-0.15, -0.1) is 0 Å². The van der Waals surface area contributed by atoms with Crippen LogP contribution in [-0.4, -0.2) is 19.2 Å². The fraction of sp³-hybridized carbons (Fsp3) is 0.308. The third kappa shape index (κ3) is 5.11. The fourth-order valence-corrected chi connectivity index (χ4v) is 2.55. The minimum atomic E-state index is -0.460. The molecule has 8 heteroatoms. The van der Waals surface area contributed by atoms with Crippen molar-refractivity contribution in [1.29, 1.82) is 0 Å². The number of hydrogen-bond acceptors (Lipinski definition) is 3. The zero-order valence-corrected chi connectivity index (χ0v) is 14.5. The van der Waals surface area contributed by atoms with Crippen LogP contribution < -0.4 is 4.74 Å². The monoisotopic (exact) mass is 390 g/mol. The lowest BCUT2D eigenvalue weighted by Crippen LogP contribution is -2.05. The van der Waals surface area contributed by atoms with E-state index in [0.717, 1.165) is 6.08 Å². The molecule has 116 valence electrons. The van der Waals surface area contributed by atoms with Crippen LogP contribution in [0.15, 0.2) is 12.7 Å². The van der Waals surface area contributed by atoms with E-state index < -0.39 is 5.97 Å². The lowest BCUT2D eigenvalue weighted by atomic mass is 10.3. The Balaban J connectivity index is 2.53. The Bertz CT molecular complexity index is 516. The van der Waals surface area contributed by atoms with E-state index >= 15 is 0 Å². The average Bonchev–Trinajstić information content (AvgIpc) is 2.49. The van der Waals surface area contributed by atoms with Gasteiger partial charge in [-0.3, -0.25) is 0 Å². The Morgan fingerprint density at radius 1 is 0.905 bits per heavy atom. The Labute approximate surface area is 147 Å². The second-order valence-electron chi connectivity index (χ2n) is 3.83. The predicted octanol–water partition coefficient (Wildman–Crippen LogP) is 5.84. The molecule has 0 saturated carbocycles. The lowest BCUT2D eigenvalue weighted by molar-refractivity contribution is -0.137. The molecule has 0 amide bonds. The number of ether oxygens (including phenoxy) is 2. The molecule has 1 aromatic carbocycles. The summed E-state index contributed by atoms with van der Waals surface area (Å²) in [6.45, 7) is 3.87. The van der Waals surface area contributed by atoms with Crippen LogP contribution in [0.3, 0.4) is 0 Å². The van der Waals surface area contributed by atoms with E-state index in [1.807, 2.05) is 0 Å². The number of unbranched alkanes of at least 4 members (excludes halogenated alkanes) is 1. The highest BCUT2D eigenvalue weighted by Crippen LogP contribution is 2.48. The van der Waals surface area contributed by atoms with Gasteiger partial charge in [-0.05, 0) is 12.8 Å². The first-order valence-electron chi connectivity index (χ1n) is 5.83. The molecule has 0 aromatic heterocycles. The summed E-state index contributed by atoms with van der Waals surface area (Å²) in [5, 5.41) is 0.464. The molecule has 0 heterocycles. The highest BCUT2D eigenvalue weighted by molar-refractivity contribution is 6.55. The second kappa shape index (κ2) is 8.96. The van der Waals surface area contributed by atoms with Crippen molar-refractivity contribution in [1.82, 2.24) is 0 Å². The van der Waals surface area contributed by atoms with Gasteiger partial charge in [-0.2, -0.15) is 0 Å². The molecule has 1 rings (SSSR count). The minimum absolute atomic E-state index is 0.0806. The molecule has 0 aliphatic carbocycles. The fourth-order valence-electron chi connectivity index (χ4n) is 1.32. The Hall–Kier alpha value is -0.320. The van der Waals surface area contributed by atoms with Crippen molar-refractivity contribution in [2.75, 3.05) is 13.2 Å². The van der Waals surface area contributed by atoms with Crippen molar-refractivity contribution in [3.8, 4) is 5.75 Å². The maximum atomic E-state index is 10.8. The number of carbonyl (C=O) groups excluding carboxylic acids is 1. The highest BCUT2D eigenvalue weighted by atomic mass is 35.5. The lowest BCUT2D eigenvalue weighted by Gasteiger charge is -2.13. The van der Waals surface area contributed by atoms with Crippen LogP contribution in [0.4, 0.5) is 0 Å². The van der Waals surface area contributed by atoms with Gasteiger partial charge in [0.2, 0.25) is 0 Å². The molecule has 0 saturated heterocycles. The van der Waals surface area contributed by atoms with E-state index in [1.54, 1.807) is 0 Å². The summed E-state index contributed by atoms with van der Waals surface area (Å²) in [5.41, 5.74) is 0. The number of halogens is 5. The molecular formula is C13H11Cl5O3. The van der Waals surface area contributed by atoms with Crippen LogP contribution in [-0.2, 0) is 9.53 Å². The summed E-state index contributed by atoms with van der Waals surface area (Å²) in [4.78, 5) is 10.8. The van der Waals surface area contributed by atoms with Gasteiger partial charge in [0.05, 0.1) is 28.3 Å². The molecule has 1 aromatic rings. The molecule has 21 heavy (non-hydrogen) atoms. The summed E-state index contributed by atoms with van der Waals surface area (Å²) >= 11 is 29.7. The van der Waals surface area contributed by atoms with Gasteiger partial charge >= 0.3 is 5.97 Å². The van der Waals surface area contributed by atoms with Crippen molar-refractivity contribution in [2.24, 2.45) is 0 Å². The molecule has 0 N–H and O–H groups in total. The molecule has 0 spiro atoms. The highest BCUT2D eigenvalue weighted by Gasteiger charge is 2.20. The van der Waals surface area contributed by atoms with Crippen molar-refractivity contribution < 1.29 is 14.3 Å². The Morgan fingerprint density at radius 2 is 1.38 bits per heavy atom. The van der Waals surface area contributed by atoms with E-state index in [4.69, 9.17) is 67.5 Å². The van der Waals surface area contributed by atoms with Crippen LogP contribution in [0, 0.1) is 0 Å². The van der Waals surface area contributed by atoms with Crippen molar-refractivity contribution in [2.45, 2.75) is 12.8 Å². The first kappa shape index (κ1) is 18.7. The summed E-state index contributed by atoms with van der Waals surface area (Å²) in [6.07, 6.45) is 2.34. The first-order chi connectivity index (χ1) is 9.90. The Morgan fingerprint density at radius 3 is 1.90 bits per heavy atom. The maximum Gasteiger partial charge on any atom is 0.330 e. The Kier molecular flexibility index (Phi) is 7.99. The molecule has 0 aliphatic heterocycles. The van der Waals surface area contributed by atoms with E-state index in [-0.39, 0.29) is 37.5 Å². The molecule has 3 nitrogen and oxygen atoms in total.